The zero-order valence-corrected chi connectivity index (χ0v) is 16.0. The van der Waals surface area contributed by atoms with Crippen molar-refractivity contribution in [2.75, 3.05) is 19.6 Å². The zero-order valence-electron chi connectivity index (χ0n) is 16.0. The Hall–Kier alpha value is -1.49. The summed E-state index contributed by atoms with van der Waals surface area (Å²) in [5.74, 6) is 0.491. The van der Waals surface area contributed by atoms with Gasteiger partial charge < -0.3 is 4.90 Å². The molecule has 3 fully saturated rings. The van der Waals surface area contributed by atoms with Gasteiger partial charge in [0.2, 0.25) is 5.91 Å². The van der Waals surface area contributed by atoms with E-state index < -0.39 is 11.6 Å². The van der Waals surface area contributed by atoms with Crippen molar-refractivity contribution >= 4 is 5.91 Å². The number of rotatable bonds is 4. The first-order valence-corrected chi connectivity index (χ1v) is 10.6. The first-order chi connectivity index (χ1) is 13.1. The van der Waals surface area contributed by atoms with Crippen LogP contribution in [0, 0.1) is 23.5 Å². The minimum atomic E-state index is -0.529. The lowest BCUT2D eigenvalue weighted by Crippen LogP contribution is -2.56. The van der Waals surface area contributed by atoms with Crippen molar-refractivity contribution in [2.24, 2.45) is 11.8 Å². The van der Waals surface area contributed by atoms with E-state index in [9.17, 15) is 13.6 Å². The number of nitrogens with zero attached hydrogens (tertiary/aromatic N) is 2. The largest absolute Gasteiger partial charge is 0.339 e. The van der Waals surface area contributed by atoms with Gasteiger partial charge in [-0.05, 0) is 43.6 Å². The Bertz CT molecular complexity index is 674. The number of hydrogen-bond acceptors (Lipinski definition) is 2. The summed E-state index contributed by atoms with van der Waals surface area (Å²) in [7, 11) is 0. The molecule has 2 atom stereocenters. The van der Waals surface area contributed by atoms with Crippen molar-refractivity contribution < 1.29 is 13.6 Å². The molecule has 3 nitrogen and oxygen atoms in total. The molecule has 4 rings (SSSR count). The van der Waals surface area contributed by atoms with E-state index in [0.717, 1.165) is 38.5 Å². The summed E-state index contributed by atoms with van der Waals surface area (Å²) < 4.78 is 27.1. The third-order valence-corrected chi connectivity index (χ3v) is 6.82. The van der Waals surface area contributed by atoms with Gasteiger partial charge in [0.1, 0.15) is 11.6 Å². The fourth-order valence-electron chi connectivity index (χ4n) is 5.35. The number of fused-ring (bicyclic) bond motifs is 1. The third-order valence-electron chi connectivity index (χ3n) is 6.82. The fourth-order valence-corrected chi connectivity index (χ4v) is 5.35. The second kappa shape index (κ2) is 8.26. The molecule has 5 heteroatoms. The molecular formula is C22H30F2N2O. The van der Waals surface area contributed by atoms with Gasteiger partial charge in [0.05, 0.1) is 0 Å². The summed E-state index contributed by atoms with van der Waals surface area (Å²) in [4.78, 5) is 17.1. The van der Waals surface area contributed by atoms with Gasteiger partial charge in [-0.25, -0.2) is 8.78 Å². The van der Waals surface area contributed by atoms with Crippen LogP contribution in [0.4, 0.5) is 8.78 Å². The molecule has 0 unspecified atom stereocenters. The van der Waals surface area contributed by atoms with Crippen LogP contribution < -0.4 is 0 Å². The SMILES string of the molecule is O=C1CC[C@@H]2CN(Cc3ccc(F)cc3F)CC[C@@H]2N1CC1CCCCC1. The number of amides is 1. The smallest absolute Gasteiger partial charge is 0.222 e. The van der Waals surface area contributed by atoms with E-state index in [4.69, 9.17) is 0 Å². The third kappa shape index (κ3) is 4.34. The first kappa shape index (κ1) is 18.9. The highest BCUT2D eigenvalue weighted by Crippen LogP contribution is 2.34. The fraction of sp³-hybridized carbons (Fsp3) is 0.682. The van der Waals surface area contributed by atoms with Crippen LogP contribution in [0.1, 0.15) is 56.9 Å². The quantitative estimate of drug-likeness (QED) is 0.780. The Morgan fingerprint density at radius 1 is 1.04 bits per heavy atom. The lowest BCUT2D eigenvalue weighted by Gasteiger charge is -2.48. The van der Waals surface area contributed by atoms with E-state index in [1.165, 1.54) is 38.2 Å². The second-order valence-corrected chi connectivity index (χ2v) is 8.68. The number of likely N-dealkylation sites (tertiary alicyclic amines) is 2. The molecule has 0 radical (unpaired) electrons. The molecular weight excluding hydrogens is 346 g/mol. The maximum atomic E-state index is 14.0. The van der Waals surface area contributed by atoms with Gasteiger partial charge in [-0.3, -0.25) is 9.69 Å². The Kier molecular flexibility index (Phi) is 5.76. The topological polar surface area (TPSA) is 23.6 Å². The molecule has 148 valence electrons. The second-order valence-electron chi connectivity index (χ2n) is 8.68. The predicted molar refractivity (Wildman–Crippen MR) is 101 cm³/mol. The molecule has 0 bridgehead atoms. The molecule has 0 aromatic heterocycles. The van der Waals surface area contributed by atoms with E-state index >= 15 is 0 Å². The van der Waals surface area contributed by atoms with Crippen LogP contribution in [0.15, 0.2) is 18.2 Å². The Morgan fingerprint density at radius 2 is 1.85 bits per heavy atom. The molecule has 2 saturated heterocycles. The molecule has 1 amide bonds. The maximum absolute atomic E-state index is 14.0. The van der Waals surface area contributed by atoms with Crippen LogP contribution in [0.2, 0.25) is 0 Å². The molecule has 0 spiro atoms. The van der Waals surface area contributed by atoms with Gasteiger partial charge in [-0.1, -0.05) is 25.3 Å². The normalized spacial score (nSPS) is 27.6. The van der Waals surface area contributed by atoms with Crippen LogP contribution in [0.5, 0.6) is 0 Å². The van der Waals surface area contributed by atoms with Gasteiger partial charge in [-0.2, -0.15) is 0 Å². The van der Waals surface area contributed by atoms with Crippen LogP contribution >= 0.6 is 0 Å². The first-order valence-electron chi connectivity index (χ1n) is 10.6. The van der Waals surface area contributed by atoms with Crippen LogP contribution in [0.3, 0.4) is 0 Å². The van der Waals surface area contributed by atoms with Crippen molar-refractivity contribution in [1.82, 2.24) is 9.80 Å². The average molecular weight is 376 g/mol. The number of benzene rings is 1. The lowest BCUT2D eigenvalue weighted by molar-refractivity contribution is -0.142. The molecule has 1 saturated carbocycles. The summed E-state index contributed by atoms with van der Waals surface area (Å²) in [5, 5.41) is 0. The van der Waals surface area contributed by atoms with Gasteiger partial charge in [0.15, 0.2) is 0 Å². The molecule has 3 aliphatic rings. The number of halogens is 2. The lowest BCUT2D eigenvalue weighted by atomic mass is 9.81. The van der Waals surface area contributed by atoms with E-state index in [0.29, 0.717) is 42.3 Å². The van der Waals surface area contributed by atoms with Crippen molar-refractivity contribution in [3.8, 4) is 0 Å². The average Bonchev–Trinajstić information content (AvgIpc) is 2.67. The van der Waals surface area contributed by atoms with Gasteiger partial charge in [-0.15, -0.1) is 0 Å². The van der Waals surface area contributed by atoms with E-state index in [2.05, 4.69) is 9.80 Å². The van der Waals surface area contributed by atoms with E-state index in [1.54, 1.807) is 6.07 Å². The van der Waals surface area contributed by atoms with Gasteiger partial charge in [0, 0.05) is 50.3 Å². The highest BCUT2D eigenvalue weighted by molar-refractivity contribution is 5.77. The predicted octanol–water partition coefficient (Wildman–Crippen LogP) is 4.36. The van der Waals surface area contributed by atoms with Crippen molar-refractivity contribution in [1.29, 1.82) is 0 Å². The summed E-state index contributed by atoms with van der Waals surface area (Å²) in [6.45, 7) is 3.22. The number of carbonyl (C=O) groups is 1. The van der Waals surface area contributed by atoms with Crippen molar-refractivity contribution in [2.45, 2.75) is 64.0 Å². The molecule has 1 aromatic carbocycles. The standard InChI is InChI=1S/C22H30F2N2O/c23-19-8-6-17(20(24)12-19)14-25-11-10-21-18(15-25)7-9-22(27)26(21)13-16-4-2-1-3-5-16/h6,8,12,16,18,21H,1-5,7,9-11,13-15H2/t18-,21+/m1/s1. The summed E-state index contributed by atoms with van der Waals surface area (Å²) in [5.41, 5.74) is 0.556. The molecule has 2 aliphatic heterocycles. The Morgan fingerprint density at radius 3 is 2.63 bits per heavy atom. The zero-order chi connectivity index (χ0) is 18.8. The maximum Gasteiger partial charge on any atom is 0.222 e. The summed E-state index contributed by atoms with van der Waals surface area (Å²) in [6.07, 6.45) is 9.01. The Balaban J connectivity index is 1.38. The highest BCUT2D eigenvalue weighted by atomic mass is 19.1. The van der Waals surface area contributed by atoms with Crippen LogP contribution in [0.25, 0.3) is 0 Å². The van der Waals surface area contributed by atoms with Crippen LogP contribution in [-0.2, 0) is 11.3 Å². The van der Waals surface area contributed by atoms with E-state index in [-0.39, 0.29) is 0 Å². The number of hydrogen-bond donors (Lipinski definition) is 0. The molecule has 0 N–H and O–H groups in total. The molecule has 1 aromatic rings. The van der Waals surface area contributed by atoms with Crippen molar-refractivity contribution in [3.63, 3.8) is 0 Å². The van der Waals surface area contributed by atoms with Crippen molar-refractivity contribution in [3.05, 3.63) is 35.4 Å². The monoisotopic (exact) mass is 376 g/mol. The van der Waals surface area contributed by atoms with Gasteiger partial charge in [0.25, 0.3) is 0 Å². The minimum Gasteiger partial charge on any atom is -0.339 e. The van der Waals surface area contributed by atoms with Crippen LogP contribution in [-0.4, -0.2) is 41.4 Å². The number of carbonyl (C=O) groups excluding carboxylic acids is 1. The summed E-state index contributed by atoms with van der Waals surface area (Å²) in [6, 6.07) is 4.20. The minimum absolute atomic E-state index is 0.333. The highest BCUT2D eigenvalue weighted by Gasteiger charge is 2.40. The molecule has 2 heterocycles. The van der Waals surface area contributed by atoms with E-state index in [1.807, 2.05) is 0 Å². The summed E-state index contributed by atoms with van der Waals surface area (Å²) >= 11 is 0. The molecule has 27 heavy (non-hydrogen) atoms. The number of piperidine rings is 2. The van der Waals surface area contributed by atoms with Gasteiger partial charge >= 0.3 is 0 Å². The Labute approximate surface area is 160 Å². The molecule has 1 aliphatic carbocycles.